The maximum Gasteiger partial charge on any atom is 0.136 e. The molecule has 0 unspecified atom stereocenters. The molecule has 0 saturated carbocycles. The molecule has 0 fully saturated rings. The second-order valence-electron chi connectivity index (χ2n) is 12.8. The Morgan fingerprint density at radius 1 is 0.519 bits per heavy atom. The van der Waals surface area contributed by atoms with Crippen molar-refractivity contribution < 1.29 is 28.9 Å². The van der Waals surface area contributed by atoms with Crippen LogP contribution in [0.4, 0.5) is 0 Å². The van der Waals surface area contributed by atoms with Crippen LogP contribution in [0.1, 0.15) is 0 Å². The van der Waals surface area contributed by atoms with Crippen molar-refractivity contribution in [3.8, 4) is 39.5 Å². The van der Waals surface area contributed by atoms with E-state index in [1.165, 1.54) is 5.56 Å². The minimum absolute atomic E-state index is 0. The summed E-state index contributed by atoms with van der Waals surface area (Å²) >= 11 is 0. The molecule has 259 valence electrons. The van der Waals surface area contributed by atoms with Gasteiger partial charge in [-0.25, -0.2) is 0 Å². The molecule has 6 heteroatoms. The number of para-hydroxylation sites is 3. The molecule has 0 spiro atoms. The predicted octanol–water partition coefficient (Wildman–Crippen LogP) is 12.5. The van der Waals surface area contributed by atoms with Crippen LogP contribution in [0.25, 0.3) is 94.4 Å². The van der Waals surface area contributed by atoms with Crippen LogP contribution in [-0.2, 0) is 20.1 Å². The van der Waals surface area contributed by atoms with Gasteiger partial charge in [0.2, 0.25) is 0 Å². The van der Waals surface area contributed by atoms with E-state index in [1.54, 1.807) is 6.20 Å². The van der Waals surface area contributed by atoms with E-state index >= 15 is 0 Å². The monoisotopic (exact) mass is 872 g/mol. The molecule has 0 aliphatic rings. The van der Waals surface area contributed by atoms with Crippen LogP contribution in [0.2, 0.25) is 0 Å². The van der Waals surface area contributed by atoms with Crippen LogP contribution < -0.4 is 0 Å². The second kappa shape index (κ2) is 14.1. The molecule has 0 aliphatic carbocycles. The average molecular weight is 872 g/mol. The fraction of sp³-hybridized carbons (Fsp3) is 0. The maximum atomic E-state index is 6.39. The van der Waals surface area contributed by atoms with E-state index < -0.39 is 0 Å². The zero-order chi connectivity index (χ0) is 35.1. The first-order chi connectivity index (χ1) is 26.3. The van der Waals surface area contributed by atoms with Gasteiger partial charge in [-0.3, -0.25) is 4.98 Å². The van der Waals surface area contributed by atoms with Crippen molar-refractivity contribution >= 4 is 54.9 Å². The van der Waals surface area contributed by atoms with Crippen molar-refractivity contribution in [1.29, 1.82) is 0 Å². The molecule has 0 amide bonds. The first kappa shape index (κ1) is 33.3. The van der Waals surface area contributed by atoms with Gasteiger partial charge in [0, 0.05) is 48.1 Å². The van der Waals surface area contributed by atoms with Crippen LogP contribution in [0.5, 0.6) is 0 Å². The quantitative estimate of drug-likeness (QED) is 0.165. The number of nitrogens with zero attached hydrogens (tertiary/aromatic N) is 3. The molecule has 0 aliphatic heterocycles. The normalized spacial score (nSPS) is 11.2. The Morgan fingerprint density at radius 3 is 2.19 bits per heavy atom. The first-order valence-electron chi connectivity index (χ1n) is 17.5. The summed E-state index contributed by atoms with van der Waals surface area (Å²) in [6, 6.07) is 63.8. The SMILES string of the molecule is [Ir].[c-]1ccc2c(oc3ccccc32)c1-c1nc2ccccc2n1-c1ccc2oc3cc(-c4ccccc4)ccc3c2c1.[c-]1ccccc1-c1ccccn1. The summed E-state index contributed by atoms with van der Waals surface area (Å²) in [5, 5.41) is 4.28. The number of imidazole rings is 1. The molecule has 0 saturated heterocycles. The van der Waals surface area contributed by atoms with Gasteiger partial charge in [-0.1, -0.05) is 89.8 Å². The van der Waals surface area contributed by atoms with Crippen LogP contribution >= 0.6 is 0 Å². The van der Waals surface area contributed by atoms with E-state index in [4.69, 9.17) is 13.8 Å². The third-order valence-corrected chi connectivity index (χ3v) is 9.59. The summed E-state index contributed by atoms with van der Waals surface area (Å²) in [7, 11) is 0. The van der Waals surface area contributed by atoms with Crippen molar-refractivity contribution in [2.24, 2.45) is 0 Å². The van der Waals surface area contributed by atoms with E-state index in [2.05, 4.69) is 101 Å². The standard InChI is InChI=1S/C37H21N2O2.C11H8N.Ir/c1-2-9-23(10-3-1)24-17-19-27-30-22-25(18-20-34(30)40-35(27)21-24)39-32-15-6-5-14-31(32)38-37(39)29-13-8-12-28-26-11-4-7-16-33(26)41-36(28)29;1-2-6-10(7-3-1)11-8-4-5-9-12-11;/h1-12,14-22H;1-6,8-9H;/q2*-1;. The first-order valence-corrected chi connectivity index (χ1v) is 17.5. The fourth-order valence-electron chi connectivity index (χ4n) is 7.10. The Bertz CT molecular complexity index is 3020. The number of rotatable bonds is 4. The van der Waals surface area contributed by atoms with Crippen LogP contribution in [0.15, 0.2) is 185 Å². The number of hydrogen-bond donors (Lipinski definition) is 0. The summed E-state index contributed by atoms with van der Waals surface area (Å²) in [6.07, 6.45) is 1.79. The van der Waals surface area contributed by atoms with Crippen molar-refractivity contribution in [2.45, 2.75) is 0 Å². The number of pyridine rings is 1. The zero-order valence-corrected chi connectivity index (χ0v) is 31.1. The molecule has 54 heavy (non-hydrogen) atoms. The number of hydrogen-bond acceptors (Lipinski definition) is 4. The molecule has 11 rings (SSSR count). The zero-order valence-electron chi connectivity index (χ0n) is 28.7. The number of benzene rings is 7. The Hall–Kier alpha value is -6.59. The summed E-state index contributed by atoms with van der Waals surface area (Å²) in [6.45, 7) is 0. The summed E-state index contributed by atoms with van der Waals surface area (Å²) < 4.78 is 14.9. The van der Waals surface area contributed by atoms with Crippen molar-refractivity contribution in [3.63, 3.8) is 0 Å². The van der Waals surface area contributed by atoms with Crippen molar-refractivity contribution in [1.82, 2.24) is 14.5 Å². The molecule has 0 N–H and O–H groups in total. The number of fused-ring (bicyclic) bond motifs is 7. The van der Waals surface area contributed by atoms with Crippen molar-refractivity contribution in [2.75, 3.05) is 0 Å². The van der Waals surface area contributed by atoms with Gasteiger partial charge in [-0.05, 0) is 71.4 Å². The van der Waals surface area contributed by atoms with E-state index in [0.29, 0.717) is 0 Å². The van der Waals surface area contributed by atoms with Gasteiger partial charge in [0.25, 0.3) is 0 Å². The molecule has 4 heterocycles. The van der Waals surface area contributed by atoms with E-state index in [1.807, 2.05) is 91.0 Å². The number of furan rings is 2. The van der Waals surface area contributed by atoms with Gasteiger partial charge < -0.3 is 18.4 Å². The smallest absolute Gasteiger partial charge is 0.136 e. The Kier molecular flexibility index (Phi) is 8.68. The van der Waals surface area contributed by atoms with Crippen molar-refractivity contribution in [3.05, 3.63) is 188 Å². The van der Waals surface area contributed by atoms with E-state index in [9.17, 15) is 0 Å². The third-order valence-electron chi connectivity index (χ3n) is 9.59. The molecular weight excluding hydrogens is 843 g/mol. The largest absolute Gasteiger partial charge is 0.501 e. The number of aromatic nitrogens is 3. The fourth-order valence-corrected chi connectivity index (χ4v) is 7.10. The van der Waals surface area contributed by atoms with Crippen LogP contribution in [0.3, 0.4) is 0 Å². The van der Waals surface area contributed by atoms with Gasteiger partial charge in [-0.2, -0.15) is 0 Å². The van der Waals surface area contributed by atoms with Gasteiger partial charge in [0.15, 0.2) is 0 Å². The molecule has 7 aromatic carbocycles. The Labute approximate surface area is 324 Å². The van der Waals surface area contributed by atoms with E-state index in [0.717, 1.165) is 88.8 Å². The third kappa shape index (κ3) is 5.88. The van der Waals surface area contributed by atoms with Gasteiger partial charge >= 0.3 is 0 Å². The average Bonchev–Trinajstić information content (AvgIpc) is 3.93. The Balaban J connectivity index is 0.000000253. The summed E-state index contributed by atoms with van der Waals surface area (Å²) in [5.74, 6) is 0.786. The maximum absolute atomic E-state index is 6.39. The molecule has 11 aromatic rings. The molecule has 0 bridgehead atoms. The van der Waals surface area contributed by atoms with E-state index in [-0.39, 0.29) is 20.1 Å². The molecule has 0 atom stereocenters. The van der Waals surface area contributed by atoms with Gasteiger partial charge in [0.05, 0.1) is 22.4 Å². The molecule has 5 nitrogen and oxygen atoms in total. The second-order valence-corrected chi connectivity index (χ2v) is 12.8. The minimum Gasteiger partial charge on any atom is -0.501 e. The van der Waals surface area contributed by atoms with Crippen LogP contribution in [-0.4, -0.2) is 14.5 Å². The topological polar surface area (TPSA) is 57.0 Å². The Morgan fingerprint density at radius 2 is 1.31 bits per heavy atom. The summed E-state index contributed by atoms with van der Waals surface area (Å²) in [5.41, 5.74) is 11.4. The molecule has 1 radical (unpaired) electrons. The van der Waals surface area contributed by atoms with Gasteiger partial charge in [0.1, 0.15) is 16.7 Å². The summed E-state index contributed by atoms with van der Waals surface area (Å²) in [4.78, 5) is 9.32. The minimum atomic E-state index is 0. The predicted molar refractivity (Wildman–Crippen MR) is 214 cm³/mol. The van der Waals surface area contributed by atoms with Gasteiger partial charge in [-0.15, -0.1) is 54.1 Å². The van der Waals surface area contributed by atoms with Crippen LogP contribution in [0, 0.1) is 12.1 Å². The molecule has 4 aromatic heterocycles. The molecular formula is C48H29IrN3O2-2.